The van der Waals surface area contributed by atoms with E-state index in [9.17, 15) is 27.0 Å². The van der Waals surface area contributed by atoms with E-state index in [4.69, 9.17) is 0 Å². The molecule has 2 aromatic carbocycles. The number of hydrogen-bond donors (Lipinski definition) is 2. The number of aromatic hydroxyl groups is 1. The molecule has 27 heavy (non-hydrogen) atoms. The summed E-state index contributed by atoms with van der Waals surface area (Å²) >= 11 is 0. The van der Waals surface area contributed by atoms with Crippen LogP contribution in [0.5, 0.6) is 5.75 Å². The number of aliphatic hydroxyl groups is 1. The second kappa shape index (κ2) is 6.81. The lowest BCUT2D eigenvalue weighted by molar-refractivity contribution is 0.184. The SMILES string of the molecule is Cc1ccc(S(=O)(=O)N(c2cccc(O)c2)[C@@H]2CS(=O)(=O)C[C@@H]2O)cc1C. The van der Waals surface area contributed by atoms with Crippen molar-refractivity contribution in [2.45, 2.75) is 30.9 Å². The third-order valence-corrected chi connectivity index (χ3v) is 8.26. The Morgan fingerprint density at radius 1 is 1.04 bits per heavy atom. The molecule has 7 nitrogen and oxygen atoms in total. The van der Waals surface area contributed by atoms with Gasteiger partial charge in [0.15, 0.2) is 9.84 Å². The Kier molecular flexibility index (Phi) is 4.96. The molecule has 2 N–H and O–H groups in total. The molecule has 146 valence electrons. The van der Waals surface area contributed by atoms with Gasteiger partial charge in [-0.2, -0.15) is 0 Å². The summed E-state index contributed by atoms with van der Waals surface area (Å²) in [5.74, 6) is -1.16. The van der Waals surface area contributed by atoms with Crippen molar-refractivity contribution >= 4 is 25.5 Å². The van der Waals surface area contributed by atoms with E-state index in [-0.39, 0.29) is 16.3 Å². The van der Waals surface area contributed by atoms with Gasteiger partial charge in [-0.05, 0) is 49.2 Å². The zero-order valence-electron chi connectivity index (χ0n) is 14.9. The molecule has 0 spiro atoms. The summed E-state index contributed by atoms with van der Waals surface area (Å²) in [6.07, 6.45) is -1.36. The molecule has 9 heteroatoms. The molecule has 1 saturated heterocycles. The smallest absolute Gasteiger partial charge is 0.264 e. The van der Waals surface area contributed by atoms with Crippen LogP contribution in [0.4, 0.5) is 5.69 Å². The number of benzene rings is 2. The number of phenols is 1. The van der Waals surface area contributed by atoms with Gasteiger partial charge in [0.1, 0.15) is 5.75 Å². The van der Waals surface area contributed by atoms with E-state index < -0.39 is 43.5 Å². The lowest BCUT2D eigenvalue weighted by Gasteiger charge is -2.31. The topological polar surface area (TPSA) is 112 Å². The Morgan fingerprint density at radius 2 is 1.74 bits per heavy atom. The number of nitrogens with zero attached hydrogens (tertiary/aromatic N) is 1. The second-order valence-corrected chi connectivity index (χ2v) is 10.7. The molecule has 1 fully saturated rings. The molecule has 0 radical (unpaired) electrons. The van der Waals surface area contributed by atoms with Crippen LogP contribution in [-0.4, -0.2) is 50.7 Å². The molecule has 0 bridgehead atoms. The van der Waals surface area contributed by atoms with Crippen LogP contribution in [0, 0.1) is 13.8 Å². The van der Waals surface area contributed by atoms with Gasteiger partial charge in [-0.1, -0.05) is 12.1 Å². The number of hydrogen-bond acceptors (Lipinski definition) is 6. The van der Waals surface area contributed by atoms with Crippen molar-refractivity contribution in [2.24, 2.45) is 0 Å². The number of sulfone groups is 1. The van der Waals surface area contributed by atoms with Crippen LogP contribution in [0.15, 0.2) is 47.4 Å². The predicted octanol–water partition coefficient (Wildman–Crippen LogP) is 1.36. The van der Waals surface area contributed by atoms with Crippen molar-refractivity contribution in [1.29, 1.82) is 0 Å². The fourth-order valence-corrected chi connectivity index (χ4v) is 6.78. The zero-order chi connectivity index (χ0) is 20.0. The number of phenolic OH excluding ortho intramolecular Hbond substituents is 1. The average molecular weight is 412 g/mol. The Bertz CT molecular complexity index is 1080. The molecule has 1 heterocycles. The lowest BCUT2D eigenvalue weighted by Crippen LogP contribution is -2.47. The van der Waals surface area contributed by atoms with E-state index in [1.54, 1.807) is 13.0 Å². The van der Waals surface area contributed by atoms with E-state index in [0.29, 0.717) is 0 Å². The fraction of sp³-hybridized carbons (Fsp3) is 0.333. The Hall–Kier alpha value is -2.10. The maximum Gasteiger partial charge on any atom is 0.264 e. The summed E-state index contributed by atoms with van der Waals surface area (Å²) in [7, 11) is -7.76. The van der Waals surface area contributed by atoms with Crippen molar-refractivity contribution < 1.29 is 27.0 Å². The van der Waals surface area contributed by atoms with E-state index in [1.165, 1.54) is 36.4 Å². The van der Waals surface area contributed by atoms with Crippen molar-refractivity contribution in [3.63, 3.8) is 0 Å². The van der Waals surface area contributed by atoms with E-state index in [0.717, 1.165) is 15.4 Å². The molecule has 0 saturated carbocycles. The van der Waals surface area contributed by atoms with Gasteiger partial charge in [0.05, 0.1) is 34.2 Å². The molecule has 1 aliphatic rings. The van der Waals surface area contributed by atoms with Crippen LogP contribution >= 0.6 is 0 Å². The largest absolute Gasteiger partial charge is 0.508 e. The highest BCUT2D eigenvalue weighted by Gasteiger charge is 2.45. The number of aryl methyl sites for hydroxylation is 2. The van der Waals surface area contributed by atoms with Gasteiger partial charge >= 0.3 is 0 Å². The van der Waals surface area contributed by atoms with E-state index in [2.05, 4.69) is 0 Å². The van der Waals surface area contributed by atoms with Gasteiger partial charge in [-0.3, -0.25) is 4.31 Å². The maximum atomic E-state index is 13.4. The highest BCUT2D eigenvalue weighted by Crippen LogP contribution is 2.33. The zero-order valence-corrected chi connectivity index (χ0v) is 16.5. The molecule has 3 rings (SSSR count). The first-order valence-electron chi connectivity index (χ1n) is 8.30. The molecule has 2 atom stereocenters. The number of rotatable bonds is 4. The normalized spacial score (nSPS) is 21.9. The summed E-state index contributed by atoms with van der Waals surface area (Å²) in [5, 5.41) is 20.1. The number of anilines is 1. The second-order valence-electron chi connectivity index (χ2n) is 6.78. The first-order valence-corrected chi connectivity index (χ1v) is 11.6. The summed E-state index contributed by atoms with van der Waals surface area (Å²) in [6.45, 7) is 3.63. The van der Waals surface area contributed by atoms with Crippen molar-refractivity contribution in [3.05, 3.63) is 53.6 Å². The molecule has 0 unspecified atom stereocenters. The van der Waals surface area contributed by atoms with Gasteiger partial charge in [0.2, 0.25) is 0 Å². The molecular formula is C18H21NO6S2. The third kappa shape index (κ3) is 3.80. The third-order valence-electron chi connectivity index (χ3n) is 4.71. The van der Waals surface area contributed by atoms with Crippen molar-refractivity contribution in [1.82, 2.24) is 0 Å². The van der Waals surface area contributed by atoms with Gasteiger partial charge in [-0.15, -0.1) is 0 Å². The molecule has 1 aliphatic heterocycles. The lowest BCUT2D eigenvalue weighted by atomic mass is 10.1. The Labute approximate surface area is 158 Å². The molecule has 0 aromatic heterocycles. The molecule has 2 aromatic rings. The quantitative estimate of drug-likeness (QED) is 0.786. The molecule has 0 aliphatic carbocycles. The van der Waals surface area contributed by atoms with Gasteiger partial charge in [-0.25, -0.2) is 16.8 Å². The summed E-state index contributed by atoms with van der Waals surface area (Å²) in [6, 6.07) is 8.98. The summed E-state index contributed by atoms with van der Waals surface area (Å²) in [5.41, 5.74) is 1.78. The van der Waals surface area contributed by atoms with Gasteiger partial charge in [0.25, 0.3) is 10.0 Å². The van der Waals surface area contributed by atoms with Crippen LogP contribution in [0.25, 0.3) is 0 Å². The van der Waals surface area contributed by atoms with Crippen molar-refractivity contribution in [2.75, 3.05) is 15.8 Å². The van der Waals surface area contributed by atoms with Crippen LogP contribution in [0.2, 0.25) is 0 Å². The van der Waals surface area contributed by atoms with Gasteiger partial charge < -0.3 is 10.2 Å². The summed E-state index contributed by atoms with van der Waals surface area (Å²) < 4.78 is 51.7. The molecule has 0 amide bonds. The van der Waals surface area contributed by atoms with Crippen molar-refractivity contribution in [3.8, 4) is 5.75 Å². The highest BCUT2D eigenvalue weighted by molar-refractivity contribution is 7.93. The first kappa shape index (κ1) is 19.7. The molecular weight excluding hydrogens is 390 g/mol. The minimum atomic E-state index is -4.18. The van der Waals surface area contributed by atoms with E-state index in [1.807, 2.05) is 6.92 Å². The maximum absolute atomic E-state index is 13.4. The first-order chi connectivity index (χ1) is 12.5. The number of sulfonamides is 1. The Balaban J connectivity index is 2.19. The monoisotopic (exact) mass is 411 g/mol. The van der Waals surface area contributed by atoms with Crippen LogP contribution in [0.3, 0.4) is 0 Å². The van der Waals surface area contributed by atoms with Crippen LogP contribution < -0.4 is 4.31 Å². The Morgan fingerprint density at radius 3 is 2.30 bits per heavy atom. The minimum absolute atomic E-state index is 0.00885. The fourth-order valence-electron chi connectivity index (χ4n) is 3.16. The average Bonchev–Trinajstić information content (AvgIpc) is 2.82. The highest BCUT2D eigenvalue weighted by atomic mass is 32.2. The predicted molar refractivity (Wildman–Crippen MR) is 102 cm³/mol. The minimum Gasteiger partial charge on any atom is -0.508 e. The van der Waals surface area contributed by atoms with Crippen LogP contribution in [-0.2, 0) is 19.9 Å². The summed E-state index contributed by atoms with van der Waals surface area (Å²) in [4.78, 5) is -0.00885. The number of aliphatic hydroxyl groups excluding tert-OH is 1. The van der Waals surface area contributed by atoms with E-state index >= 15 is 0 Å². The van der Waals surface area contributed by atoms with Gasteiger partial charge in [0, 0.05) is 6.07 Å². The standard InChI is InChI=1S/C18H21NO6S2/c1-12-6-7-16(8-13(12)2)27(24,25)19(14-4-3-5-15(20)9-14)17-10-26(22,23)11-18(17)21/h3-9,17-18,20-21H,10-11H2,1-2H3/t17-,18+/m1/s1. The van der Waals surface area contributed by atoms with Crippen LogP contribution in [0.1, 0.15) is 11.1 Å².